The van der Waals surface area contributed by atoms with Gasteiger partial charge in [0, 0.05) is 35.5 Å². The zero-order valence-electron chi connectivity index (χ0n) is 30.8. The number of hydrogen-bond acceptors (Lipinski definition) is 14. The maximum atomic E-state index is 13.5. The smallest absolute Gasteiger partial charge is 0.352 e. The fourth-order valence-corrected chi connectivity index (χ4v) is 5.35. The first-order valence-corrected chi connectivity index (χ1v) is 17.5. The maximum absolute atomic E-state index is 13.5. The minimum atomic E-state index is -1.16. The summed E-state index contributed by atoms with van der Waals surface area (Å²) in [5.41, 5.74) is 21.7. The Hall–Kier alpha value is -6.85. The van der Waals surface area contributed by atoms with Crippen molar-refractivity contribution in [1.82, 2.24) is 15.0 Å². The quantitative estimate of drug-likeness (QED) is 0.0262. The number of imidazole rings is 1. The second-order valence-corrected chi connectivity index (χ2v) is 12.8. The Bertz CT molecular complexity index is 2160. The van der Waals surface area contributed by atoms with Crippen molar-refractivity contribution in [3.05, 3.63) is 114 Å². The normalized spacial score (nSPS) is 13.0. The van der Waals surface area contributed by atoms with E-state index in [9.17, 15) is 24.3 Å². The average Bonchev–Trinajstić information content (AvgIpc) is 3.64. The van der Waals surface area contributed by atoms with E-state index >= 15 is 0 Å². The molecule has 5 aromatic rings. The largest absolute Gasteiger partial charge is 0.508 e. The Labute approximate surface area is 321 Å². The van der Waals surface area contributed by atoms with E-state index in [0.29, 0.717) is 40.3 Å². The van der Waals surface area contributed by atoms with Crippen molar-refractivity contribution in [2.45, 2.75) is 38.4 Å². The molecule has 2 aromatic heterocycles. The molecule has 0 radical (unpaired) electrons. The van der Waals surface area contributed by atoms with Crippen LogP contribution in [0, 0.1) is 5.92 Å². The summed E-state index contributed by atoms with van der Waals surface area (Å²) in [4.78, 5) is 68.8. The van der Waals surface area contributed by atoms with E-state index in [1.54, 1.807) is 85.9 Å². The van der Waals surface area contributed by atoms with Crippen LogP contribution in [0.2, 0.25) is 0 Å². The van der Waals surface area contributed by atoms with Crippen molar-refractivity contribution >= 4 is 52.2 Å². The van der Waals surface area contributed by atoms with Gasteiger partial charge in [0.25, 0.3) is 5.91 Å². The molecule has 17 nitrogen and oxygen atoms in total. The number of carbonyl (C=O) groups is 4. The number of nitrogens with two attached hydrogens (primary N) is 3. The maximum Gasteiger partial charge on any atom is 0.352 e. The lowest BCUT2D eigenvalue weighted by atomic mass is 10.0. The van der Waals surface area contributed by atoms with Crippen molar-refractivity contribution in [3.8, 4) is 5.75 Å². The summed E-state index contributed by atoms with van der Waals surface area (Å²) in [6, 6.07) is 21.4. The lowest BCUT2D eigenvalue weighted by Gasteiger charge is -2.21. The van der Waals surface area contributed by atoms with Crippen LogP contribution in [0.3, 0.4) is 0 Å². The lowest BCUT2D eigenvalue weighted by molar-refractivity contribution is -0.151. The van der Waals surface area contributed by atoms with E-state index in [-0.39, 0.29) is 43.5 Å². The molecule has 3 aromatic carbocycles. The van der Waals surface area contributed by atoms with Gasteiger partial charge in [-0.25, -0.2) is 14.8 Å². The van der Waals surface area contributed by atoms with Crippen LogP contribution in [-0.4, -0.2) is 82.1 Å². The monoisotopic (exact) mass is 765 g/mol. The molecule has 3 unspecified atom stereocenters. The van der Waals surface area contributed by atoms with Crippen LogP contribution in [0.4, 0.5) is 11.5 Å². The number of aromatic hydroxyl groups is 1. The number of nitrogens with one attached hydrogen (secondary N) is 2. The van der Waals surface area contributed by atoms with Gasteiger partial charge in [-0.1, -0.05) is 30.3 Å². The van der Waals surface area contributed by atoms with Gasteiger partial charge in [-0.05, 0) is 78.7 Å². The second kappa shape index (κ2) is 19.0. The summed E-state index contributed by atoms with van der Waals surface area (Å²) in [5.74, 6) is -1.85. The van der Waals surface area contributed by atoms with Crippen LogP contribution in [0.25, 0.3) is 11.0 Å². The molecule has 9 N–H and O–H groups in total. The number of carbonyl (C=O) groups excluding carboxylic acids is 4. The molecular weight excluding hydrogens is 722 g/mol. The highest BCUT2D eigenvalue weighted by atomic mass is 16.7. The van der Waals surface area contributed by atoms with Gasteiger partial charge in [0.05, 0.1) is 37.7 Å². The molecule has 3 atom stereocenters. The van der Waals surface area contributed by atoms with Gasteiger partial charge >= 0.3 is 17.9 Å². The van der Waals surface area contributed by atoms with Gasteiger partial charge < -0.3 is 46.9 Å². The number of methoxy groups -OCH3 is 1. The standard InChI is InChI=1S/C39H43N9O8/c1-23(22-55-38(52)29(40)19-24-6-13-28(49)14-7-24)35(41)39(53)56-47-36(42)25-8-11-27(12-9-25)44-21-32-45-30-15-10-26(20-31(30)46-32)37(51)48(18-16-34(50)54-2)33-5-3-4-17-43-33/h3-15,17,20,23,29,35,44,49H,16,18-19,21-22,40-41H2,1-2H3,(H2,42,47)(H,45,46). The van der Waals surface area contributed by atoms with Gasteiger partial charge in [0.1, 0.15) is 29.5 Å². The molecule has 292 valence electrons. The Balaban J connectivity index is 1.10. The molecule has 0 saturated heterocycles. The SMILES string of the molecule is COC(=O)CCN(C(=O)c1ccc2nc(CNc3ccc(/C(N)=N/OC(=O)C(N)C(C)COC(=O)C(N)Cc4ccc(O)cc4)cc3)[nH]c2c1)c1ccccn1. The molecule has 0 spiro atoms. The molecule has 0 bridgehead atoms. The number of anilines is 2. The number of rotatable bonds is 17. The predicted molar refractivity (Wildman–Crippen MR) is 207 cm³/mol. The first kappa shape index (κ1) is 40.3. The molecule has 0 aliphatic heterocycles. The fourth-order valence-electron chi connectivity index (χ4n) is 5.35. The van der Waals surface area contributed by atoms with E-state index in [1.165, 1.54) is 24.1 Å². The van der Waals surface area contributed by atoms with Gasteiger partial charge in [-0.3, -0.25) is 19.3 Å². The minimum Gasteiger partial charge on any atom is -0.508 e. The number of esters is 2. The molecular formula is C39H43N9O8. The van der Waals surface area contributed by atoms with E-state index in [4.69, 9.17) is 31.5 Å². The van der Waals surface area contributed by atoms with E-state index in [1.807, 2.05) is 0 Å². The van der Waals surface area contributed by atoms with E-state index in [0.717, 1.165) is 11.3 Å². The average molecular weight is 766 g/mol. The highest BCUT2D eigenvalue weighted by Gasteiger charge is 2.26. The van der Waals surface area contributed by atoms with Gasteiger partial charge in [0.2, 0.25) is 0 Å². The van der Waals surface area contributed by atoms with Crippen LogP contribution >= 0.6 is 0 Å². The number of aromatic amines is 1. The molecule has 5 rings (SSSR count). The minimum absolute atomic E-state index is 0.00670. The summed E-state index contributed by atoms with van der Waals surface area (Å²) < 4.78 is 10.0. The Morgan fingerprint density at radius 1 is 0.964 bits per heavy atom. The third-order valence-corrected chi connectivity index (χ3v) is 8.66. The van der Waals surface area contributed by atoms with Crippen molar-refractivity contribution in [3.63, 3.8) is 0 Å². The number of phenolic OH excluding ortho intramolecular Hbond substituents is 1. The van der Waals surface area contributed by atoms with Gasteiger partial charge in [-0.2, -0.15) is 0 Å². The number of ether oxygens (including phenoxy) is 2. The zero-order valence-corrected chi connectivity index (χ0v) is 30.8. The number of nitrogens with zero attached hydrogens (tertiary/aromatic N) is 4. The number of hydrogen-bond donors (Lipinski definition) is 6. The second-order valence-electron chi connectivity index (χ2n) is 12.8. The molecule has 17 heteroatoms. The number of H-pyrrole nitrogens is 1. The first-order chi connectivity index (χ1) is 26.9. The lowest BCUT2D eigenvalue weighted by Crippen LogP contribution is -2.41. The van der Waals surface area contributed by atoms with Crippen molar-refractivity contribution < 1.29 is 38.6 Å². The first-order valence-electron chi connectivity index (χ1n) is 17.5. The number of pyridine rings is 1. The van der Waals surface area contributed by atoms with Crippen LogP contribution in [0.1, 0.15) is 40.7 Å². The molecule has 56 heavy (non-hydrogen) atoms. The molecule has 0 fully saturated rings. The third kappa shape index (κ3) is 10.9. The van der Waals surface area contributed by atoms with Crippen LogP contribution in [0.5, 0.6) is 5.75 Å². The molecule has 0 saturated carbocycles. The Morgan fingerprint density at radius 3 is 2.39 bits per heavy atom. The van der Waals surface area contributed by atoms with Crippen molar-refractivity contribution in [1.29, 1.82) is 0 Å². The van der Waals surface area contributed by atoms with Gasteiger partial charge in [-0.15, -0.1) is 0 Å². The molecule has 0 aliphatic rings. The van der Waals surface area contributed by atoms with Crippen molar-refractivity contribution in [2.24, 2.45) is 28.3 Å². The van der Waals surface area contributed by atoms with Crippen molar-refractivity contribution in [2.75, 3.05) is 30.5 Å². The number of oxime groups is 1. The predicted octanol–water partition coefficient (Wildman–Crippen LogP) is 2.73. The number of amides is 1. The molecule has 1 amide bonds. The highest BCUT2D eigenvalue weighted by molar-refractivity contribution is 6.07. The summed E-state index contributed by atoms with van der Waals surface area (Å²) in [7, 11) is 1.30. The summed E-state index contributed by atoms with van der Waals surface area (Å²) in [6.07, 6.45) is 1.78. The van der Waals surface area contributed by atoms with Crippen LogP contribution in [0.15, 0.2) is 96.3 Å². The van der Waals surface area contributed by atoms with Gasteiger partial charge in [0.15, 0.2) is 5.84 Å². The molecule has 0 aliphatic carbocycles. The number of benzene rings is 3. The Morgan fingerprint density at radius 2 is 1.70 bits per heavy atom. The summed E-state index contributed by atoms with van der Waals surface area (Å²) >= 11 is 0. The number of aromatic nitrogens is 3. The zero-order chi connectivity index (χ0) is 40.2. The number of fused-ring (bicyclic) bond motifs is 1. The van der Waals surface area contributed by atoms with E-state index < -0.39 is 35.9 Å². The van der Waals surface area contributed by atoms with E-state index in [2.05, 4.69) is 25.4 Å². The number of phenols is 1. The number of amidine groups is 1. The van der Waals surface area contributed by atoms with Crippen LogP contribution < -0.4 is 27.4 Å². The summed E-state index contributed by atoms with van der Waals surface area (Å²) in [5, 5.41) is 16.4. The highest BCUT2D eigenvalue weighted by Crippen LogP contribution is 2.20. The fraction of sp³-hybridized carbons (Fsp3) is 0.256. The van der Waals surface area contributed by atoms with Crippen LogP contribution in [-0.2, 0) is 41.7 Å². The topological polar surface area (TPSA) is 263 Å². The molecule has 2 heterocycles. The third-order valence-electron chi connectivity index (χ3n) is 8.66. The summed E-state index contributed by atoms with van der Waals surface area (Å²) in [6.45, 7) is 1.86. The Kier molecular flexibility index (Phi) is 13.7.